The summed E-state index contributed by atoms with van der Waals surface area (Å²) in [7, 11) is -3.09. The molecule has 0 saturated carbocycles. The summed E-state index contributed by atoms with van der Waals surface area (Å²) < 4.78 is 22.5. The lowest BCUT2D eigenvalue weighted by molar-refractivity contribution is 0.0697. The van der Waals surface area contributed by atoms with E-state index >= 15 is 0 Å². The Morgan fingerprint density at radius 2 is 2.22 bits per heavy atom. The van der Waals surface area contributed by atoms with Crippen molar-refractivity contribution in [3.63, 3.8) is 0 Å². The van der Waals surface area contributed by atoms with Crippen molar-refractivity contribution in [1.29, 1.82) is 0 Å². The number of carboxylic acid groups (broad SMARTS) is 1. The predicted octanol–water partition coefficient (Wildman–Crippen LogP) is 0.209. The second kappa shape index (κ2) is 5.67. The molecule has 18 heavy (non-hydrogen) atoms. The summed E-state index contributed by atoms with van der Waals surface area (Å²) in [6.07, 6.45) is 1.31. The van der Waals surface area contributed by atoms with Crippen molar-refractivity contribution in [2.45, 2.75) is 6.92 Å². The van der Waals surface area contributed by atoms with Gasteiger partial charge in [-0.3, -0.25) is 0 Å². The summed E-state index contributed by atoms with van der Waals surface area (Å²) in [5.41, 5.74) is 5.59. The molecule has 0 bridgehead atoms. The van der Waals surface area contributed by atoms with E-state index in [1.54, 1.807) is 6.92 Å². The van der Waals surface area contributed by atoms with Gasteiger partial charge in [-0.05, 0) is 6.07 Å². The van der Waals surface area contributed by atoms with Crippen LogP contribution in [0.1, 0.15) is 17.3 Å². The van der Waals surface area contributed by atoms with Crippen molar-refractivity contribution in [3.8, 4) is 0 Å². The van der Waals surface area contributed by atoms with Gasteiger partial charge in [-0.1, -0.05) is 6.92 Å². The Balaban J connectivity index is 2.77. The monoisotopic (exact) mass is 273 g/mol. The fourth-order valence-corrected chi connectivity index (χ4v) is 1.96. The molecule has 0 unspecified atom stereocenters. The Morgan fingerprint density at radius 1 is 1.56 bits per heavy atom. The molecule has 0 radical (unpaired) electrons. The zero-order valence-electron chi connectivity index (χ0n) is 9.88. The number of anilines is 2. The molecule has 0 aliphatic carbocycles. The summed E-state index contributed by atoms with van der Waals surface area (Å²) in [4.78, 5) is 14.8. The average molecular weight is 273 g/mol. The van der Waals surface area contributed by atoms with Crippen molar-refractivity contribution in [2.75, 3.05) is 29.1 Å². The number of pyridine rings is 1. The van der Waals surface area contributed by atoms with Crippen LogP contribution in [0.4, 0.5) is 11.5 Å². The third-order valence-corrected chi connectivity index (χ3v) is 3.99. The highest BCUT2D eigenvalue weighted by atomic mass is 32.2. The fourth-order valence-electron chi connectivity index (χ4n) is 1.25. The normalized spacial score (nSPS) is 11.2. The molecule has 0 amide bonds. The number of carboxylic acids is 1. The van der Waals surface area contributed by atoms with Crippen LogP contribution in [-0.2, 0) is 9.84 Å². The van der Waals surface area contributed by atoms with Crippen molar-refractivity contribution < 1.29 is 18.3 Å². The molecule has 0 spiro atoms. The molecule has 0 saturated heterocycles. The fraction of sp³-hybridized carbons (Fsp3) is 0.400. The summed E-state index contributed by atoms with van der Waals surface area (Å²) in [5, 5.41) is 11.6. The molecule has 0 fully saturated rings. The molecule has 1 heterocycles. The zero-order valence-corrected chi connectivity index (χ0v) is 10.7. The summed E-state index contributed by atoms with van der Waals surface area (Å²) in [6.45, 7) is 1.66. The summed E-state index contributed by atoms with van der Waals surface area (Å²) in [6, 6.07) is 1.27. The predicted molar refractivity (Wildman–Crippen MR) is 68.4 cm³/mol. The number of nitrogens with zero attached hydrogens (tertiary/aromatic N) is 1. The van der Waals surface area contributed by atoms with Gasteiger partial charge in [0.15, 0.2) is 9.84 Å². The first kappa shape index (κ1) is 14.2. The van der Waals surface area contributed by atoms with Gasteiger partial charge in [0, 0.05) is 12.3 Å². The van der Waals surface area contributed by atoms with E-state index in [1.165, 1.54) is 12.3 Å². The minimum Gasteiger partial charge on any atom is -0.478 e. The van der Waals surface area contributed by atoms with E-state index in [2.05, 4.69) is 10.3 Å². The first-order valence-corrected chi connectivity index (χ1v) is 7.11. The number of aromatic nitrogens is 1. The Labute approximate surface area is 105 Å². The highest BCUT2D eigenvalue weighted by Gasteiger charge is 2.13. The Kier molecular flexibility index (Phi) is 4.49. The Morgan fingerprint density at radius 3 is 2.78 bits per heavy atom. The van der Waals surface area contributed by atoms with Crippen molar-refractivity contribution in [1.82, 2.24) is 4.98 Å². The second-order valence-corrected chi connectivity index (χ2v) is 6.11. The highest BCUT2D eigenvalue weighted by molar-refractivity contribution is 7.91. The third kappa shape index (κ3) is 3.88. The Bertz CT molecular complexity index is 542. The number of carbonyl (C=O) groups is 1. The Hall–Kier alpha value is -1.83. The molecule has 1 aromatic rings. The standard InChI is InChI=1S/C10H15N3O4S/c1-2-18(16,17)4-3-12-9-8(10(14)15)5-7(11)6-13-9/h5-6H,2-4,11H2,1H3,(H,12,13)(H,14,15). The van der Waals surface area contributed by atoms with Gasteiger partial charge in [0.1, 0.15) is 11.4 Å². The van der Waals surface area contributed by atoms with Crippen LogP contribution in [0.2, 0.25) is 0 Å². The van der Waals surface area contributed by atoms with E-state index in [-0.39, 0.29) is 35.1 Å². The first-order valence-electron chi connectivity index (χ1n) is 5.29. The van der Waals surface area contributed by atoms with Gasteiger partial charge in [0.2, 0.25) is 0 Å². The van der Waals surface area contributed by atoms with Gasteiger partial charge in [-0.2, -0.15) is 0 Å². The number of hydrogen-bond acceptors (Lipinski definition) is 6. The number of rotatable bonds is 6. The molecule has 1 aromatic heterocycles. The molecule has 4 N–H and O–H groups in total. The maximum absolute atomic E-state index is 11.3. The zero-order chi connectivity index (χ0) is 13.8. The van der Waals surface area contributed by atoms with Gasteiger partial charge >= 0.3 is 5.97 Å². The molecule has 0 atom stereocenters. The lowest BCUT2D eigenvalue weighted by Gasteiger charge is -2.08. The number of nitrogens with two attached hydrogens (primary N) is 1. The van der Waals surface area contributed by atoms with Gasteiger partial charge in [0.05, 0.1) is 17.6 Å². The van der Waals surface area contributed by atoms with Crippen LogP contribution in [0, 0.1) is 0 Å². The van der Waals surface area contributed by atoms with Gasteiger partial charge in [-0.15, -0.1) is 0 Å². The van der Waals surface area contributed by atoms with Crippen LogP contribution in [-0.4, -0.2) is 42.5 Å². The van der Waals surface area contributed by atoms with E-state index in [0.717, 1.165) is 0 Å². The quantitative estimate of drug-likeness (QED) is 0.677. The molecule has 0 aromatic carbocycles. The number of nitrogens with one attached hydrogen (secondary N) is 1. The molecule has 0 aliphatic rings. The largest absolute Gasteiger partial charge is 0.478 e. The van der Waals surface area contributed by atoms with Gasteiger partial charge < -0.3 is 16.2 Å². The molecular weight excluding hydrogens is 258 g/mol. The van der Waals surface area contributed by atoms with E-state index in [1.807, 2.05) is 0 Å². The van der Waals surface area contributed by atoms with Crippen LogP contribution >= 0.6 is 0 Å². The third-order valence-electron chi connectivity index (χ3n) is 2.28. The van der Waals surface area contributed by atoms with Gasteiger partial charge in [0.25, 0.3) is 0 Å². The number of hydrogen-bond donors (Lipinski definition) is 3. The highest BCUT2D eigenvalue weighted by Crippen LogP contribution is 2.15. The van der Waals surface area contributed by atoms with E-state index in [9.17, 15) is 13.2 Å². The van der Waals surface area contributed by atoms with E-state index < -0.39 is 15.8 Å². The second-order valence-electron chi connectivity index (χ2n) is 3.63. The molecule has 7 nitrogen and oxygen atoms in total. The van der Waals surface area contributed by atoms with E-state index in [0.29, 0.717) is 0 Å². The summed E-state index contributed by atoms with van der Waals surface area (Å²) >= 11 is 0. The van der Waals surface area contributed by atoms with Crippen LogP contribution in [0.15, 0.2) is 12.3 Å². The van der Waals surface area contributed by atoms with Crippen molar-refractivity contribution in [2.24, 2.45) is 0 Å². The van der Waals surface area contributed by atoms with Gasteiger partial charge in [-0.25, -0.2) is 18.2 Å². The van der Waals surface area contributed by atoms with E-state index in [4.69, 9.17) is 10.8 Å². The van der Waals surface area contributed by atoms with Crippen LogP contribution in [0.5, 0.6) is 0 Å². The maximum Gasteiger partial charge on any atom is 0.339 e. The maximum atomic E-state index is 11.3. The minimum absolute atomic E-state index is 0.0512. The lowest BCUT2D eigenvalue weighted by Crippen LogP contribution is -2.19. The van der Waals surface area contributed by atoms with Crippen molar-refractivity contribution in [3.05, 3.63) is 17.8 Å². The average Bonchev–Trinajstić information content (AvgIpc) is 2.30. The molecule has 100 valence electrons. The number of sulfone groups is 1. The number of nitrogen functional groups attached to an aromatic ring is 1. The number of aromatic carboxylic acids is 1. The molecule has 0 aliphatic heterocycles. The topological polar surface area (TPSA) is 122 Å². The van der Waals surface area contributed by atoms with Crippen molar-refractivity contribution >= 4 is 27.3 Å². The van der Waals surface area contributed by atoms with Crippen LogP contribution < -0.4 is 11.1 Å². The lowest BCUT2D eigenvalue weighted by atomic mass is 10.2. The summed E-state index contributed by atoms with van der Waals surface area (Å²) in [5.74, 6) is -1.08. The molecular formula is C10H15N3O4S. The molecule has 8 heteroatoms. The smallest absolute Gasteiger partial charge is 0.339 e. The SMILES string of the molecule is CCS(=O)(=O)CCNc1ncc(N)cc1C(=O)O. The first-order chi connectivity index (χ1) is 8.35. The minimum atomic E-state index is -3.09. The van der Waals surface area contributed by atoms with Crippen LogP contribution in [0.3, 0.4) is 0 Å². The molecule has 1 rings (SSSR count). The van der Waals surface area contributed by atoms with Crippen LogP contribution in [0.25, 0.3) is 0 Å².